The van der Waals surface area contributed by atoms with E-state index in [2.05, 4.69) is 13.8 Å². The molecule has 0 unspecified atom stereocenters. The summed E-state index contributed by atoms with van der Waals surface area (Å²) in [7, 11) is 0. The molecule has 0 aromatic rings. The van der Waals surface area contributed by atoms with Gasteiger partial charge in [0.1, 0.15) is 0 Å². The minimum atomic E-state index is 0. The molecule has 0 spiro atoms. The fraction of sp³-hybridized carbons (Fsp3) is 1.00. The summed E-state index contributed by atoms with van der Waals surface area (Å²) in [4.78, 5) is 0. The zero-order chi connectivity index (χ0) is 6.28. The van der Waals surface area contributed by atoms with Gasteiger partial charge in [-0.05, 0) is 12.5 Å². The molecule has 0 amide bonds. The molecule has 0 saturated heterocycles. The molecule has 0 aliphatic carbocycles. The summed E-state index contributed by atoms with van der Waals surface area (Å²) in [6.45, 7) is 9.00. The van der Waals surface area contributed by atoms with E-state index in [0.717, 1.165) is 6.54 Å². The third kappa shape index (κ3) is 38.2. The molecule has 54 valence electrons. The zero-order valence-electron chi connectivity index (χ0n) is 5.86. The fourth-order valence-electron chi connectivity index (χ4n) is 0. The van der Waals surface area contributed by atoms with Gasteiger partial charge < -0.3 is 5.73 Å². The molecule has 1 nitrogen and oxygen atoms in total. The highest BCUT2D eigenvalue weighted by atomic mass is 14.5. The molecule has 0 aliphatic rings. The molecular weight excluding hydrogens is 98.1 g/mol. The van der Waals surface area contributed by atoms with E-state index in [9.17, 15) is 0 Å². The van der Waals surface area contributed by atoms with E-state index >= 15 is 0 Å². The molecule has 0 aromatic heterocycles. The molecule has 8 heavy (non-hydrogen) atoms. The second-order valence-corrected chi connectivity index (χ2v) is 1.63. The number of nitrogens with two attached hydrogens (primary N) is 1. The van der Waals surface area contributed by atoms with Crippen LogP contribution in [-0.4, -0.2) is 6.54 Å². The highest BCUT2D eigenvalue weighted by molar-refractivity contribution is 4.38. The molecule has 0 saturated carbocycles. The van der Waals surface area contributed by atoms with Gasteiger partial charge in [-0.15, -0.1) is 0 Å². The average Bonchev–Trinajstić information content (AvgIpc) is 1.73. The largest absolute Gasteiger partial charge is 0.330 e. The maximum atomic E-state index is 5.17. The summed E-state index contributed by atoms with van der Waals surface area (Å²) in [6, 6.07) is 0. The second kappa shape index (κ2) is 15.8. The summed E-state index contributed by atoms with van der Waals surface area (Å²) < 4.78 is 0. The van der Waals surface area contributed by atoms with Crippen molar-refractivity contribution in [2.24, 2.45) is 11.7 Å². The van der Waals surface area contributed by atoms with Gasteiger partial charge in [-0.1, -0.05) is 35.1 Å². The van der Waals surface area contributed by atoms with Gasteiger partial charge >= 0.3 is 0 Å². The first-order valence-corrected chi connectivity index (χ1v) is 2.97. The predicted octanol–water partition coefficient (Wildman–Crippen LogP) is 2.26. The van der Waals surface area contributed by atoms with E-state index < -0.39 is 0 Å². The van der Waals surface area contributed by atoms with Crippen LogP contribution in [0.2, 0.25) is 0 Å². The van der Waals surface area contributed by atoms with Crippen molar-refractivity contribution < 1.29 is 0 Å². The highest BCUT2D eigenvalue weighted by Gasteiger charge is 1.80. The lowest BCUT2D eigenvalue weighted by molar-refractivity contribution is 0.664. The molecular formula is C7H21N. The van der Waals surface area contributed by atoms with Crippen LogP contribution >= 0.6 is 0 Å². The van der Waals surface area contributed by atoms with Crippen LogP contribution in [0.1, 0.15) is 35.1 Å². The Morgan fingerprint density at radius 3 is 1.38 bits per heavy atom. The Labute approximate surface area is 54.3 Å². The SMILES string of the molecule is C.CC.CC(C)CN. The van der Waals surface area contributed by atoms with Gasteiger partial charge in [0.2, 0.25) is 0 Å². The van der Waals surface area contributed by atoms with Crippen molar-refractivity contribution in [3.05, 3.63) is 0 Å². The van der Waals surface area contributed by atoms with Crippen molar-refractivity contribution in [3.63, 3.8) is 0 Å². The van der Waals surface area contributed by atoms with Gasteiger partial charge in [0.15, 0.2) is 0 Å². The van der Waals surface area contributed by atoms with E-state index in [1.54, 1.807) is 0 Å². The lowest BCUT2D eigenvalue weighted by atomic mass is 10.2. The van der Waals surface area contributed by atoms with E-state index in [4.69, 9.17) is 5.73 Å². The van der Waals surface area contributed by atoms with Gasteiger partial charge in [0, 0.05) is 0 Å². The highest BCUT2D eigenvalue weighted by Crippen LogP contribution is 1.81. The predicted molar refractivity (Wildman–Crippen MR) is 42.0 cm³/mol. The van der Waals surface area contributed by atoms with Crippen LogP contribution in [-0.2, 0) is 0 Å². The Balaban J connectivity index is -0.0000000750. The van der Waals surface area contributed by atoms with Crippen LogP contribution in [0.15, 0.2) is 0 Å². The van der Waals surface area contributed by atoms with E-state index in [-0.39, 0.29) is 7.43 Å². The van der Waals surface area contributed by atoms with Crippen LogP contribution in [0.3, 0.4) is 0 Å². The maximum absolute atomic E-state index is 5.17. The molecule has 0 rings (SSSR count). The Bertz CT molecular complexity index is 18.3. The first-order chi connectivity index (χ1) is 3.27. The Kier molecular flexibility index (Phi) is 30.9. The molecule has 0 atom stereocenters. The minimum Gasteiger partial charge on any atom is -0.330 e. The number of rotatable bonds is 1. The van der Waals surface area contributed by atoms with Crippen molar-refractivity contribution in [3.8, 4) is 0 Å². The Hall–Kier alpha value is -0.0400. The molecule has 0 bridgehead atoms. The van der Waals surface area contributed by atoms with Crippen molar-refractivity contribution >= 4 is 0 Å². The topological polar surface area (TPSA) is 26.0 Å². The molecule has 1 heteroatoms. The van der Waals surface area contributed by atoms with E-state index in [1.165, 1.54) is 0 Å². The van der Waals surface area contributed by atoms with Gasteiger partial charge in [-0.25, -0.2) is 0 Å². The van der Waals surface area contributed by atoms with Gasteiger partial charge in [-0.3, -0.25) is 0 Å². The quantitative estimate of drug-likeness (QED) is 0.563. The lowest BCUT2D eigenvalue weighted by Crippen LogP contribution is -2.05. The molecule has 0 radical (unpaired) electrons. The van der Waals surface area contributed by atoms with Crippen LogP contribution in [0.5, 0.6) is 0 Å². The molecule has 2 N–H and O–H groups in total. The molecule has 0 heterocycles. The number of hydrogen-bond acceptors (Lipinski definition) is 1. The third-order valence-electron chi connectivity index (χ3n) is 0.471. The van der Waals surface area contributed by atoms with Gasteiger partial charge in [-0.2, -0.15) is 0 Å². The lowest BCUT2D eigenvalue weighted by Gasteiger charge is -1.91. The van der Waals surface area contributed by atoms with Crippen LogP contribution in [0.4, 0.5) is 0 Å². The summed E-state index contributed by atoms with van der Waals surface area (Å²) >= 11 is 0. The first-order valence-electron chi connectivity index (χ1n) is 2.97. The van der Waals surface area contributed by atoms with E-state index in [0.29, 0.717) is 5.92 Å². The average molecular weight is 119 g/mol. The monoisotopic (exact) mass is 119 g/mol. The fourth-order valence-corrected chi connectivity index (χ4v) is 0. The van der Waals surface area contributed by atoms with Gasteiger partial charge in [0.25, 0.3) is 0 Å². The summed E-state index contributed by atoms with van der Waals surface area (Å²) in [5.41, 5.74) is 5.17. The van der Waals surface area contributed by atoms with Crippen molar-refractivity contribution in [1.29, 1.82) is 0 Å². The normalized spacial score (nSPS) is 6.75. The summed E-state index contributed by atoms with van der Waals surface area (Å²) in [5.74, 6) is 0.662. The summed E-state index contributed by atoms with van der Waals surface area (Å²) in [6.07, 6.45) is 0. The Morgan fingerprint density at radius 1 is 1.25 bits per heavy atom. The summed E-state index contributed by atoms with van der Waals surface area (Å²) in [5, 5.41) is 0. The van der Waals surface area contributed by atoms with Gasteiger partial charge in [0.05, 0.1) is 0 Å². The smallest absolute Gasteiger partial charge is 0.00541 e. The minimum absolute atomic E-state index is 0. The van der Waals surface area contributed by atoms with Crippen molar-refractivity contribution in [1.82, 2.24) is 0 Å². The molecule has 0 fully saturated rings. The van der Waals surface area contributed by atoms with Crippen LogP contribution in [0.25, 0.3) is 0 Å². The molecule has 0 aliphatic heterocycles. The van der Waals surface area contributed by atoms with Crippen molar-refractivity contribution in [2.45, 2.75) is 35.1 Å². The molecule has 0 aromatic carbocycles. The standard InChI is InChI=1S/C4H11N.C2H6.CH4/c1-4(2)3-5;1-2;/h4H,3,5H2,1-2H3;1-2H3;1H4. The maximum Gasteiger partial charge on any atom is -0.00541 e. The Morgan fingerprint density at radius 2 is 1.38 bits per heavy atom. The second-order valence-electron chi connectivity index (χ2n) is 1.63. The first kappa shape index (κ1) is 15.7. The van der Waals surface area contributed by atoms with E-state index in [1.807, 2.05) is 13.8 Å². The third-order valence-corrected chi connectivity index (χ3v) is 0.471. The zero-order valence-corrected chi connectivity index (χ0v) is 5.86. The van der Waals surface area contributed by atoms with Crippen molar-refractivity contribution in [2.75, 3.05) is 6.54 Å². The van der Waals surface area contributed by atoms with Crippen LogP contribution < -0.4 is 5.73 Å². The van der Waals surface area contributed by atoms with Crippen LogP contribution in [0, 0.1) is 5.92 Å². The number of hydrogen-bond donors (Lipinski definition) is 1.